The predicted octanol–water partition coefficient (Wildman–Crippen LogP) is 2.74. The van der Waals surface area contributed by atoms with E-state index >= 15 is 0 Å². The van der Waals surface area contributed by atoms with Crippen LogP contribution in [0.1, 0.15) is 31.7 Å². The average molecular weight is 249 g/mol. The molecule has 0 aromatic heterocycles. The second kappa shape index (κ2) is 5.38. The summed E-state index contributed by atoms with van der Waals surface area (Å²) in [6, 6.07) is 4.91. The van der Waals surface area contributed by atoms with Crippen LogP contribution >= 0.6 is 0 Å². The van der Waals surface area contributed by atoms with Gasteiger partial charge in [-0.05, 0) is 37.3 Å². The fourth-order valence-corrected chi connectivity index (χ4v) is 2.24. The summed E-state index contributed by atoms with van der Waals surface area (Å²) in [5, 5.41) is 7.55. The standard InChI is InChI=1S/C14H20FN3/c1-2-8-18(9-10-6-7-10)12-5-3-4-11(15)13(12)14(16)17/h3-5,10H,2,6-9H2,1H3,(H3,16,17). The van der Waals surface area contributed by atoms with E-state index in [0.29, 0.717) is 0 Å². The Labute approximate surface area is 107 Å². The Morgan fingerprint density at radius 2 is 2.22 bits per heavy atom. The number of nitrogens with one attached hydrogen (secondary N) is 1. The van der Waals surface area contributed by atoms with Gasteiger partial charge in [0.15, 0.2) is 0 Å². The highest BCUT2D eigenvalue weighted by atomic mass is 19.1. The molecule has 3 N–H and O–H groups in total. The molecule has 0 amide bonds. The number of hydrogen-bond donors (Lipinski definition) is 2. The van der Waals surface area contributed by atoms with Crippen LogP contribution in [0.4, 0.5) is 10.1 Å². The largest absolute Gasteiger partial charge is 0.384 e. The molecular formula is C14H20FN3. The highest BCUT2D eigenvalue weighted by Gasteiger charge is 2.26. The van der Waals surface area contributed by atoms with E-state index in [-0.39, 0.29) is 11.4 Å². The van der Waals surface area contributed by atoms with Crippen LogP contribution in [0.2, 0.25) is 0 Å². The lowest BCUT2D eigenvalue weighted by atomic mass is 10.1. The van der Waals surface area contributed by atoms with E-state index in [2.05, 4.69) is 11.8 Å². The summed E-state index contributed by atoms with van der Waals surface area (Å²) in [4.78, 5) is 2.16. The minimum Gasteiger partial charge on any atom is -0.384 e. The number of nitrogen functional groups attached to an aromatic ring is 1. The van der Waals surface area contributed by atoms with Gasteiger partial charge in [-0.2, -0.15) is 0 Å². The zero-order chi connectivity index (χ0) is 13.1. The minimum absolute atomic E-state index is 0.194. The minimum atomic E-state index is -0.406. The number of nitrogens with two attached hydrogens (primary N) is 1. The van der Waals surface area contributed by atoms with Crippen LogP contribution in [0.3, 0.4) is 0 Å². The number of anilines is 1. The van der Waals surface area contributed by atoms with Crippen LogP contribution in [0.25, 0.3) is 0 Å². The van der Waals surface area contributed by atoms with Gasteiger partial charge in [-0.15, -0.1) is 0 Å². The highest BCUT2D eigenvalue weighted by molar-refractivity contribution is 6.00. The molecule has 0 atom stereocenters. The van der Waals surface area contributed by atoms with E-state index < -0.39 is 5.82 Å². The van der Waals surface area contributed by atoms with Crippen molar-refractivity contribution in [3.63, 3.8) is 0 Å². The molecule has 1 aromatic carbocycles. The van der Waals surface area contributed by atoms with Gasteiger partial charge in [0.25, 0.3) is 0 Å². The van der Waals surface area contributed by atoms with Gasteiger partial charge in [0.05, 0.1) is 11.3 Å². The van der Waals surface area contributed by atoms with E-state index in [0.717, 1.165) is 31.1 Å². The summed E-state index contributed by atoms with van der Waals surface area (Å²) in [6.07, 6.45) is 3.51. The van der Waals surface area contributed by atoms with E-state index in [1.54, 1.807) is 6.07 Å². The van der Waals surface area contributed by atoms with Crippen molar-refractivity contribution >= 4 is 11.5 Å². The van der Waals surface area contributed by atoms with Crippen molar-refractivity contribution in [3.8, 4) is 0 Å². The van der Waals surface area contributed by atoms with Gasteiger partial charge in [0.1, 0.15) is 11.7 Å². The maximum absolute atomic E-state index is 13.8. The van der Waals surface area contributed by atoms with Gasteiger partial charge in [-0.25, -0.2) is 4.39 Å². The lowest BCUT2D eigenvalue weighted by molar-refractivity contribution is 0.621. The Morgan fingerprint density at radius 3 is 2.78 bits per heavy atom. The van der Waals surface area contributed by atoms with Crippen molar-refractivity contribution < 1.29 is 4.39 Å². The van der Waals surface area contributed by atoms with Crippen LogP contribution in [-0.4, -0.2) is 18.9 Å². The summed E-state index contributed by atoms with van der Waals surface area (Å²) in [5.41, 5.74) is 6.52. The average Bonchev–Trinajstić information content (AvgIpc) is 3.11. The Kier molecular flexibility index (Phi) is 3.84. The summed E-state index contributed by atoms with van der Waals surface area (Å²) < 4.78 is 13.8. The third-order valence-corrected chi connectivity index (χ3v) is 3.27. The van der Waals surface area contributed by atoms with Crippen LogP contribution in [0.15, 0.2) is 18.2 Å². The molecular weight excluding hydrogens is 229 g/mol. The maximum Gasteiger partial charge on any atom is 0.136 e. The molecule has 0 radical (unpaired) electrons. The molecule has 3 nitrogen and oxygen atoms in total. The first-order chi connectivity index (χ1) is 8.63. The van der Waals surface area contributed by atoms with Gasteiger partial charge in [0, 0.05) is 13.1 Å². The fourth-order valence-electron chi connectivity index (χ4n) is 2.24. The van der Waals surface area contributed by atoms with Crippen LogP contribution in [0, 0.1) is 17.1 Å². The van der Waals surface area contributed by atoms with Gasteiger partial charge < -0.3 is 10.6 Å². The molecule has 18 heavy (non-hydrogen) atoms. The first-order valence-electron chi connectivity index (χ1n) is 6.51. The lowest BCUT2D eigenvalue weighted by Gasteiger charge is -2.26. The molecule has 1 aliphatic carbocycles. The smallest absolute Gasteiger partial charge is 0.136 e. The summed E-state index contributed by atoms with van der Waals surface area (Å²) in [7, 11) is 0. The maximum atomic E-state index is 13.8. The topological polar surface area (TPSA) is 53.1 Å². The number of halogens is 1. The quantitative estimate of drug-likeness (QED) is 0.601. The SMILES string of the molecule is CCCN(CC1CC1)c1cccc(F)c1C(=N)N. The third kappa shape index (κ3) is 2.81. The van der Waals surface area contributed by atoms with Crippen molar-refractivity contribution in [2.24, 2.45) is 11.7 Å². The van der Waals surface area contributed by atoms with E-state index in [9.17, 15) is 4.39 Å². The molecule has 1 saturated carbocycles. The number of amidine groups is 1. The second-order valence-electron chi connectivity index (χ2n) is 4.94. The number of rotatable bonds is 6. The van der Waals surface area contributed by atoms with Crippen LogP contribution in [0.5, 0.6) is 0 Å². The Balaban J connectivity index is 2.32. The molecule has 0 heterocycles. The normalized spacial score (nSPS) is 14.6. The number of hydrogen-bond acceptors (Lipinski definition) is 2. The molecule has 1 aliphatic rings. The second-order valence-corrected chi connectivity index (χ2v) is 4.94. The highest BCUT2D eigenvalue weighted by Crippen LogP contribution is 2.33. The lowest BCUT2D eigenvalue weighted by Crippen LogP contribution is -2.29. The molecule has 1 fully saturated rings. The Bertz CT molecular complexity index is 441. The van der Waals surface area contributed by atoms with Crippen molar-refractivity contribution in [2.75, 3.05) is 18.0 Å². The van der Waals surface area contributed by atoms with E-state index in [1.165, 1.54) is 18.9 Å². The van der Waals surface area contributed by atoms with E-state index in [4.69, 9.17) is 11.1 Å². The molecule has 0 aliphatic heterocycles. The predicted molar refractivity (Wildman–Crippen MR) is 72.6 cm³/mol. The molecule has 2 rings (SSSR count). The summed E-state index contributed by atoms with van der Waals surface area (Å²) in [6.45, 7) is 3.92. The van der Waals surface area contributed by atoms with Crippen molar-refractivity contribution in [1.82, 2.24) is 0 Å². The number of nitrogens with zero attached hydrogens (tertiary/aromatic N) is 1. The molecule has 0 bridgehead atoms. The van der Waals surface area contributed by atoms with Gasteiger partial charge >= 0.3 is 0 Å². The first kappa shape index (κ1) is 12.9. The fraction of sp³-hybridized carbons (Fsp3) is 0.500. The molecule has 4 heteroatoms. The van der Waals surface area contributed by atoms with Crippen LogP contribution in [-0.2, 0) is 0 Å². The number of benzene rings is 1. The molecule has 1 aromatic rings. The van der Waals surface area contributed by atoms with Crippen LogP contribution < -0.4 is 10.6 Å². The van der Waals surface area contributed by atoms with Crippen molar-refractivity contribution in [2.45, 2.75) is 26.2 Å². The zero-order valence-corrected chi connectivity index (χ0v) is 10.7. The monoisotopic (exact) mass is 249 g/mol. The van der Waals surface area contributed by atoms with E-state index in [1.807, 2.05) is 6.07 Å². The summed E-state index contributed by atoms with van der Waals surface area (Å²) in [5.74, 6) is 0.122. The van der Waals surface area contributed by atoms with Crippen molar-refractivity contribution in [3.05, 3.63) is 29.6 Å². The molecule has 98 valence electrons. The Hall–Kier alpha value is -1.58. The molecule has 0 unspecified atom stereocenters. The molecule has 0 saturated heterocycles. The summed E-state index contributed by atoms with van der Waals surface area (Å²) >= 11 is 0. The van der Waals surface area contributed by atoms with Gasteiger partial charge in [-0.3, -0.25) is 5.41 Å². The third-order valence-electron chi connectivity index (χ3n) is 3.27. The Morgan fingerprint density at radius 1 is 1.50 bits per heavy atom. The van der Waals surface area contributed by atoms with Crippen molar-refractivity contribution in [1.29, 1.82) is 5.41 Å². The van der Waals surface area contributed by atoms with Gasteiger partial charge in [-0.1, -0.05) is 13.0 Å². The van der Waals surface area contributed by atoms with Gasteiger partial charge in [0.2, 0.25) is 0 Å². The zero-order valence-electron chi connectivity index (χ0n) is 10.7. The first-order valence-corrected chi connectivity index (χ1v) is 6.51. The molecule has 0 spiro atoms.